The zero-order valence-electron chi connectivity index (χ0n) is 9.40. The quantitative estimate of drug-likeness (QED) is 0.878. The Morgan fingerprint density at radius 3 is 2.35 bits per heavy atom. The lowest BCUT2D eigenvalue weighted by molar-refractivity contribution is -0.137. The summed E-state index contributed by atoms with van der Waals surface area (Å²) in [7, 11) is 0. The average molecular weight is 268 g/mol. The third-order valence-corrected chi connectivity index (χ3v) is 2.39. The molecule has 0 amide bonds. The Morgan fingerprint density at radius 1 is 1.29 bits per heavy atom. The molecule has 96 valence electrons. The summed E-state index contributed by atoms with van der Waals surface area (Å²) < 4.78 is 38.2. The van der Waals surface area contributed by atoms with E-state index in [1.54, 1.807) is 13.8 Å². The molecule has 0 saturated carbocycles. The Bertz CT molecular complexity index is 404. The van der Waals surface area contributed by atoms with E-state index in [9.17, 15) is 13.2 Å². The fourth-order valence-electron chi connectivity index (χ4n) is 1.26. The van der Waals surface area contributed by atoms with Crippen molar-refractivity contribution >= 4 is 17.3 Å². The van der Waals surface area contributed by atoms with E-state index in [0.717, 1.165) is 6.07 Å². The Kier molecular flexibility index (Phi) is 3.94. The van der Waals surface area contributed by atoms with Gasteiger partial charge in [-0.25, -0.2) is 0 Å². The molecule has 1 aromatic carbocycles. The normalized spacial score (nSPS) is 12.6. The highest BCUT2D eigenvalue weighted by Gasteiger charge is 2.34. The molecule has 0 spiro atoms. The summed E-state index contributed by atoms with van der Waals surface area (Å²) in [6, 6.07) is 3.48. The molecular formula is C11H13ClF3NO. The molecule has 0 aliphatic carbocycles. The lowest BCUT2D eigenvalue weighted by Crippen LogP contribution is -2.35. The van der Waals surface area contributed by atoms with Crippen molar-refractivity contribution in [3.63, 3.8) is 0 Å². The molecule has 1 rings (SSSR count). The number of aliphatic hydroxyl groups excluding tert-OH is 1. The van der Waals surface area contributed by atoms with Crippen LogP contribution in [0.15, 0.2) is 18.2 Å². The van der Waals surface area contributed by atoms with Crippen LogP contribution < -0.4 is 5.32 Å². The third kappa shape index (κ3) is 3.78. The van der Waals surface area contributed by atoms with Gasteiger partial charge in [-0.15, -0.1) is 0 Å². The van der Waals surface area contributed by atoms with Crippen molar-refractivity contribution < 1.29 is 18.3 Å². The standard InChI is InChI=1S/C11H13ClF3NO/c1-10(2,6-17)16-9-4-3-7(12)5-8(9)11(13,14)15/h3-5,16-17H,6H2,1-2H3. The fourth-order valence-corrected chi connectivity index (χ4v) is 1.44. The summed E-state index contributed by atoms with van der Waals surface area (Å²) in [6.45, 7) is 2.91. The molecule has 0 saturated heterocycles. The molecule has 0 bridgehead atoms. The van der Waals surface area contributed by atoms with Crippen molar-refractivity contribution in [2.24, 2.45) is 0 Å². The highest BCUT2D eigenvalue weighted by Crippen LogP contribution is 2.37. The summed E-state index contributed by atoms with van der Waals surface area (Å²) in [5.74, 6) is 0. The van der Waals surface area contributed by atoms with E-state index < -0.39 is 17.3 Å². The van der Waals surface area contributed by atoms with Gasteiger partial charge in [0.05, 0.1) is 17.7 Å². The van der Waals surface area contributed by atoms with Crippen LogP contribution in [0.2, 0.25) is 5.02 Å². The topological polar surface area (TPSA) is 32.3 Å². The van der Waals surface area contributed by atoms with Gasteiger partial charge >= 0.3 is 6.18 Å². The fraction of sp³-hybridized carbons (Fsp3) is 0.455. The Morgan fingerprint density at radius 2 is 1.88 bits per heavy atom. The van der Waals surface area contributed by atoms with Crippen molar-refractivity contribution in [3.8, 4) is 0 Å². The summed E-state index contributed by atoms with van der Waals surface area (Å²) in [4.78, 5) is 0. The molecule has 0 unspecified atom stereocenters. The van der Waals surface area contributed by atoms with Crippen LogP contribution in [-0.2, 0) is 6.18 Å². The van der Waals surface area contributed by atoms with Crippen molar-refractivity contribution in [2.75, 3.05) is 11.9 Å². The lowest BCUT2D eigenvalue weighted by Gasteiger charge is -2.27. The molecule has 0 aromatic heterocycles. The molecule has 17 heavy (non-hydrogen) atoms. The van der Waals surface area contributed by atoms with Crippen molar-refractivity contribution in [1.29, 1.82) is 0 Å². The summed E-state index contributed by atoms with van der Waals surface area (Å²) in [5.41, 5.74) is -1.78. The number of benzene rings is 1. The Balaban J connectivity index is 3.16. The molecule has 1 aromatic rings. The molecule has 0 aliphatic rings. The van der Waals surface area contributed by atoms with Gasteiger partial charge in [-0.05, 0) is 32.0 Å². The maximum Gasteiger partial charge on any atom is 0.418 e. The van der Waals surface area contributed by atoms with E-state index in [-0.39, 0.29) is 17.3 Å². The zero-order chi connectivity index (χ0) is 13.3. The lowest BCUT2D eigenvalue weighted by atomic mass is 10.0. The number of rotatable bonds is 3. The van der Waals surface area contributed by atoms with Crippen LogP contribution in [0, 0.1) is 0 Å². The van der Waals surface area contributed by atoms with Crippen molar-refractivity contribution in [3.05, 3.63) is 28.8 Å². The predicted octanol–water partition coefficient (Wildman–Crippen LogP) is 3.54. The monoisotopic (exact) mass is 267 g/mol. The number of halogens is 4. The van der Waals surface area contributed by atoms with Gasteiger partial charge in [-0.1, -0.05) is 11.6 Å². The molecular weight excluding hydrogens is 255 g/mol. The SMILES string of the molecule is CC(C)(CO)Nc1ccc(Cl)cc1C(F)(F)F. The number of aliphatic hydroxyl groups is 1. The van der Waals surface area contributed by atoms with Crippen LogP contribution in [-0.4, -0.2) is 17.3 Å². The molecule has 0 aliphatic heterocycles. The predicted molar refractivity (Wildman–Crippen MR) is 61.2 cm³/mol. The Labute approximate surface area is 102 Å². The van der Waals surface area contributed by atoms with E-state index in [0.29, 0.717) is 0 Å². The minimum atomic E-state index is -4.49. The zero-order valence-corrected chi connectivity index (χ0v) is 10.2. The molecule has 2 nitrogen and oxygen atoms in total. The van der Waals surface area contributed by atoms with E-state index in [1.165, 1.54) is 12.1 Å². The second-order valence-electron chi connectivity index (χ2n) is 4.35. The van der Waals surface area contributed by atoms with Gasteiger partial charge in [0, 0.05) is 10.7 Å². The first-order valence-corrected chi connectivity index (χ1v) is 5.29. The van der Waals surface area contributed by atoms with E-state index in [1.807, 2.05) is 0 Å². The largest absolute Gasteiger partial charge is 0.418 e. The van der Waals surface area contributed by atoms with Gasteiger partial charge in [-0.3, -0.25) is 0 Å². The minimum absolute atomic E-state index is 0.0182. The van der Waals surface area contributed by atoms with Gasteiger partial charge in [0.2, 0.25) is 0 Å². The summed E-state index contributed by atoms with van der Waals surface area (Å²) in [5, 5.41) is 11.7. The van der Waals surface area contributed by atoms with Gasteiger partial charge in [0.15, 0.2) is 0 Å². The first kappa shape index (κ1) is 14.1. The maximum atomic E-state index is 12.7. The van der Waals surface area contributed by atoms with Crippen LogP contribution in [0.25, 0.3) is 0 Å². The molecule has 0 fully saturated rings. The highest BCUT2D eigenvalue weighted by atomic mass is 35.5. The van der Waals surface area contributed by atoms with Crippen LogP contribution in [0.5, 0.6) is 0 Å². The first-order valence-electron chi connectivity index (χ1n) is 4.91. The molecule has 0 radical (unpaired) electrons. The van der Waals surface area contributed by atoms with Gasteiger partial charge in [0.25, 0.3) is 0 Å². The van der Waals surface area contributed by atoms with E-state index in [4.69, 9.17) is 16.7 Å². The number of hydrogen-bond donors (Lipinski definition) is 2. The highest BCUT2D eigenvalue weighted by molar-refractivity contribution is 6.30. The summed E-state index contributed by atoms with van der Waals surface area (Å²) in [6.07, 6.45) is -4.49. The van der Waals surface area contributed by atoms with Gasteiger partial charge in [-0.2, -0.15) is 13.2 Å². The summed E-state index contributed by atoms with van der Waals surface area (Å²) >= 11 is 5.55. The molecule has 0 atom stereocenters. The van der Waals surface area contributed by atoms with Crippen molar-refractivity contribution in [1.82, 2.24) is 0 Å². The molecule has 6 heteroatoms. The number of alkyl halides is 3. The van der Waals surface area contributed by atoms with Crippen molar-refractivity contribution in [2.45, 2.75) is 25.6 Å². The number of anilines is 1. The van der Waals surface area contributed by atoms with Crippen LogP contribution >= 0.6 is 11.6 Å². The van der Waals surface area contributed by atoms with Gasteiger partial charge < -0.3 is 10.4 Å². The number of nitrogens with one attached hydrogen (secondary N) is 1. The van der Waals surface area contributed by atoms with Crippen LogP contribution in [0.4, 0.5) is 18.9 Å². The minimum Gasteiger partial charge on any atom is -0.394 e. The van der Waals surface area contributed by atoms with E-state index in [2.05, 4.69) is 5.32 Å². The van der Waals surface area contributed by atoms with Crippen LogP contribution in [0.3, 0.4) is 0 Å². The molecule has 0 heterocycles. The smallest absolute Gasteiger partial charge is 0.394 e. The first-order chi connectivity index (χ1) is 7.65. The second-order valence-corrected chi connectivity index (χ2v) is 4.79. The second kappa shape index (κ2) is 4.74. The maximum absolute atomic E-state index is 12.7. The molecule has 2 N–H and O–H groups in total. The van der Waals surface area contributed by atoms with E-state index >= 15 is 0 Å². The average Bonchev–Trinajstić information content (AvgIpc) is 2.19. The Hall–Kier alpha value is -0.940. The van der Waals surface area contributed by atoms with Gasteiger partial charge in [0.1, 0.15) is 0 Å². The third-order valence-electron chi connectivity index (χ3n) is 2.16. The number of hydrogen-bond acceptors (Lipinski definition) is 2. The van der Waals surface area contributed by atoms with Crippen LogP contribution in [0.1, 0.15) is 19.4 Å².